The van der Waals surface area contributed by atoms with Crippen LogP contribution < -0.4 is 10.1 Å². The summed E-state index contributed by atoms with van der Waals surface area (Å²) in [5.74, 6) is -2.99. The molecule has 0 spiro atoms. The zero-order chi connectivity index (χ0) is 29.0. The lowest BCUT2D eigenvalue weighted by Gasteiger charge is -2.19. The number of carbonyl (C=O) groups excluding carboxylic acids is 2. The first-order valence-corrected chi connectivity index (χ1v) is 13.4. The molecule has 1 atom stereocenters. The molecule has 3 aromatic carbocycles. The highest BCUT2D eigenvalue weighted by molar-refractivity contribution is 8.18. The van der Waals surface area contributed by atoms with Crippen LogP contribution in [-0.4, -0.2) is 40.3 Å². The van der Waals surface area contributed by atoms with Gasteiger partial charge in [-0.1, -0.05) is 31.2 Å². The number of carboxylic acid groups (broad SMARTS) is 1. The number of esters is 1. The van der Waals surface area contributed by atoms with E-state index in [1.54, 1.807) is 45.9 Å². The topological polar surface area (TPSA) is 114 Å². The molecular weight excluding hydrogens is 535 g/mol. The number of amides is 1. The maximum atomic E-state index is 14.6. The smallest absolute Gasteiger partial charge is 0.344 e. The van der Waals surface area contributed by atoms with Gasteiger partial charge in [-0.15, -0.1) is 0 Å². The minimum atomic E-state index is -1.08. The maximum Gasteiger partial charge on any atom is 0.344 e. The lowest BCUT2D eigenvalue weighted by Crippen LogP contribution is -2.27. The normalized spacial score (nSPS) is 15.2. The van der Waals surface area contributed by atoms with Crippen LogP contribution in [0.15, 0.2) is 64.5 Å². The third-order valence-corrected chi connectivity index (χ3v) is 6.76. The summed E-state index contributed by atoms with van der Waals surface area (Å²) in [6.45, 7) is 6.87. The standard InChI is InChI=1S/C30H29FN2O6S/c1-5-22(28(36)37)23-11-9-20(15-24(23)31)32-29-33-27(35)25(40-29)13-17-6-7-19-14-21(10-8-18(19)12-17)38-16-26(34)39-30(2,3)4/h6-15,22H,5,16H2,1-4H3,(H,36,37)(H,32,33,35). The van der Waals surface area contributed by atoms with E-state index in [1.807, 2.05) is 30.3 Å². The van der Waals surface area contributed by atoms with E-state index < -0.39 is 35.2 Å². The highest BCUT2D eigenvalue weighted by atomic mass is 32.2. The molecule has 0 saturated carbocycles. The van der Waals surface area contributed by atoms with Crippen molar-refractivity contribution >= 4 is 57.3 Å². The fourth-order valence-electron chi connectivity index (χ4n) is 4.09. The average molecular weight is 565 g/mol. The van der Waals surface area contributed by atoms with Crippen molar-refractivity contribution in [3.63, 3.8) is 0 Å². The Hall–Kier alpha value is -4.18. The summed E-state index contributed by atoms with van der Waals surface area (Å²) in [6, 6.07) is 15.3. The predicted molar refractivity (Wildman–Crippen MR) is 154 cm³/mol. The number of nitrogens with zero attached hydrogens (tertiary/aromatic N) is 1. The van der Waals surface area contributed by atoms with Crippen LogP contribution in [0, 0.1) is 5.82 Å². The Morgan fingerprint density at radius 2 is 1.82 bits per heavy atom. The zero-order valence-electron chi connectivity index (χ0n) is 22.5. The largest absolute Gasteiger partial charge is 0.482 e. The van der Waals surface area contributed by atoms with Gasteiger partial charge >= 0.3 is 11.9 Å². The summed E-state index contributed by atoms with van der Waals surface area (Å²) in [6.07, 6.45) is 1.99. The van der Waals surface area contributed by atoms with Crippen molar-refractivity contribution in [2.24, 2.45) is 4.99 Å². The van der Waals surface area contributed by atoms with Gasteiger partial charge in [-0.05, 0) is 91.7 Å². The van der Waals surface area contributed by atoms with Crippen molar-refractivity contribution in [2.75, 3.05) is 11.9 Å². The second-order valence-electron chi connectivity index (χ2n) is 10.1. The van der Waals surface area contributed by atoms with Crippen molar-refractivity contribution in [1.82, 2.24) is 0 Å². The number of aliphatic carboxylic acids is 1. The van der Waals surface area contributed by atoms with E-state index in [9.17, 15) is 23.9 Å². The summed E-state index contributed by atoms with van der Waals surface area (Å²) in [4.78, 5) is 40.2. The zero-order valence-corrected chi connectivity index (χ0v) is 23.3. The first-order valence-electron chi connectivity index (χ1n) is 12.6. The second-order valence-corrected chi connectivity index (χ2v) is 11.2. The molecule has 208 valence electrons. The third-order valence-electron chi connectivity index (χ3n) is 5.86. The number of aliphatic imine (C=N–C) groups is 1. The Balaban J connectivity index is 1.41. The molecule has 0 bridgehead atoms. The monoisotopic (exact) mass is 564 g/mol. The first kappa shape index (κ1) is 28.8. The Morgan fingerprint density at radius 3 is 2.50 bits per heavy atom. The molecule has 1 heterocycles. The number of hydrogen-bond donors (Lipinski definition) is 2. The van der Waals surface area contributed by atoms with Crippen molar-refractivity contribution in [3.05, 3.63) is 76.4 Å². The lowest BCUT2D eigenvalue weighted by molar-refractivity contribution is -0.157. The Kier molecular flexibility index (Phi) is 8.58. The SMILES string of the molecule is CCC(C(=O)O)c1ccc(NC2=NC(=O)C(=Cc3ccc4cc(OCC(=O)OC(C)(C)C)ccc4c3)S2)cc1F. The molecule has 1 amide bonds. The number of carboxylic acids is 1. The molecule has 1 unspecified atom stereocenters. The molecule has 4 rings (SSSR count). The van der Waals surface area contributed by atoms with E-state index in [1.165, 1.54) is 12.1 Å². The van der Waals surface area contributed by atoms with Gasteiger partial charge in [-0.3, -0.25) is 9.59 Å². The Bertz CT molecular complexity index is 1540. The number of hydrogen-bond acceptors (Lipinski definition) is 7. The molecule has 0 radical (unpaired) electrons. The predicted octanol–water partition coefficient (Wildman–Crippen LogP) is 6.36. The highest BCUT2D eigenvalue weighted by Gasteiger charge is 2.24. The number of fused-ring (bicyclic) bond motifs is 1. The summed E-state index contributed by atoms with van der Waals surface area (Å²) in [5.41, 5.74) is 0.672. The average Bonchev–Trinajstić information content (AvgIpc) is 3.21. The van der Waals surface area contributed by atoms with Gasteiger partial charge in [0.2, 0.25) is 0 Å². The van der Waals surface area contributed by atoms with Gasteiger partial charge < -0.3 is 19.9 Å². The van der Waals surface area contributed by atoms with E-state index in [-0.39, 0.29) is 18.6 Å². The van der Waals surface area contributed by atoms with E-state index in [2.05, 4.69) is 10.3 Å². The number of rotatable bonds is 8. The fourth-order valence-corrected chi connectivity index (χ4v) is 4.92. The molecule has 0 aromatic heterocycles. The number of carbonyl (C=O) groups is 3. The molecule has 0 aliphatic carbocycles. The van der Waals surface area contributed by atoms with E-state index >= 15 is 0 Å². The summed E-state index contributed by atoms with van der Waals surface area (Å²) in [7, 11) is 0. The van der Waals surface area contributed by atoms with Gasteiger partial charge in [0, 0.05) is 11.3 Å². The summed E-state index contributed by atoms with van der Waals surface area (Å²) in [5, 5.41) is 14.3. The molecule has 40 heavy (non-hydrogen) atoms. The lowest BCUT2D eigenvalue weighted by atomic mass is 9.96. The van der Waals surface area contributed by atoms with Crippen molar-refractivity contribution in [3.8, 4) is 5.75 Å². The third kappa shape index (κ3) is 7.26. The van der Waals surface area contributed by atoms with Crippen LogP contribution in [0.4, 0.5) is 10.1 Å². The molecule has 1 aliphatic heterocycles. The van der Waals surface area contributed by atoms with Crippen LogP contribution in [-0.2, 0) is 19.1 Å². The first-order chi connectivity index (χ1) is 18.9. The number of thioether (sulfide) groups is 1. The summed E-state index contributed by atoms with van der Waals surface area (Å²) < 4.78 is 25.4. The van der Waals surface area contributed by atoms with Crippen LogP contribution >= 0.6 is 11.8 Å². The van der Waals surface area contributed by atoms with E-state index in [0.717, 1.165) is 28.1 Å². The number of halogens is 1. The molecule has 2 N–H and O–H groups in total. The molecule has 10 heteroatoms. The number of benzene rings is 3. The number of amidine groups is 1. The van der Waals surface area contributed by atoms with Crippen molar-refractivity contribution in [2.45, 2.75) is 45.6 Å². The molecule has 0 fully saturated rings. The Morgan fingerprint density at radius 1 is 1.10 bits per heavy atom. The van der Waals surface area contributed by atoms with Crippen molar-refractivity contribution < 1.29 is 33.4 Å². The van der Waals surface area contributed by atoms with Crippen LogP contribution in [0.5, 0.6) is 5.75 Å². The van der Waals surface area contributed by atoms with Gasteiger partial charge in [0.25, 0.3) is 5.91 Å². The van der Waals surface area contributed by atoms with Gasteiger partial charge in [0.05, 0.1) is 10.8 Å². The molecular formula is C30H29FN2O6S. The minimum absolute atomic E-state index is 0.108. The second kappa shape index (κ2) is 11.9. The minimum Gasteiger partial charge on any atom is -0.482 e. The Labute approximate surface area is 235 Å². The quantitative estimate of drug-likeness (QED) is 0.240. The van der Waals surface area contributed by atoms with Gasteiger partial charge in [-0.25, -0.2) is 9.18 Å². The molecule has 3 aromatic rings. The van der Waals surface area contributed by atoms with Crippen LogP contribution in [0.1, 0.15) is 51.2 Å². The molecule has 0 saturated heterocycles. The summed E-state index contributed by atoms with van der Waals surface area (Å²) >= 11 is 1.13. The van der Waals surface area contributed by atoms with Crippen LogP contribution in [0.2, 0.25) is 0 Å². The van der Waals surface area contributed by atoms with Gasteiger partial charge in [-0.2, -0.15) is 4.99 Å². The van der Waals surface area contributed by atoms with Crippen LogP contribution in [0.3, 0.4) is 0 Å². The van der Waals surface area contributed by atoms with E-state index in [0.29, 0.717) is 21.5 Å². The highest BCUT2D eigenvalue weighted by Crippen LogP contribution is 2.32. The van der Waals surface area contributed by atoms with Gasteiger partial charge in [0.15, 0.2) is 11.8 Å². The molecule has 1 aliphatic rings. The maximum absolute atomic E-state index is 14.6. The van der Waals surface area contributed by atoms with Crippen molar-refractivity contribution in [1.29, 1.82) is 0 Å². The number of ether oxygens (including phenoxy) is 2. The number of anilines is 1. The van der Waals surface area contributed by atoms with E-state index in [4.69, 9.17) is 9.47 Å². The molecule has 8 nitrogen and oxygen atoms in total. The van der Waals surface area contributed by atoms with Crippen LogP contribution in [0.25, 0.3) is 16.8 Å². The number of nitrogens with one attached hydrogen (secondary N) is 1. The fraction of sp³-hybridized carbons (Fsp3) is 0.267. The van der Waals surface area contributed by atoms with Gasteiger partial charge in [0.1, 0.15) is 17.2 Å².